The van der Waals surface area contributed by atoms with Crippen molar-refractivity contribution in [1.29, 1.82) is 0 Å². The normalized spacial score (nSPS) is 26.3. The second-order valence-electron chi connectivity index (χ2n) is 9.53. The minimum atomic E-state index is -4.32. The summed E-state index contributed by atoms with van der Waals surface area (Å²) in [5, 5.41) is 2.87. The number of anilines is 2. The average molecular weight is 521 g/mol. The molecule has 2 heterocycles. The number of piperidine rings is 1. The first-order chi connectivity index (χ1) is 16.3. The van der Waals surface area contributed by atoms with Crippen LogP contribution in [0.25, 0.3) is 0 Å². The van der Waals surface area contributed by atoms with Crippen molar-refractivity contribution in [3.63, 3.8) is 0 Å². The van der Waals surface area contributed by atoms with Gasteiger partial charge in [0.15, 0.2) is 11.7 Å². The van der Waals surface area contributed by atoms with Crippen LogP contribution in [0.4, 0.5) is 11.4 Å². The predicted molar refractivity (Wildman–Crippen MR) is 132 cm³/mol. The molecular formula is C23H28N4O6S2. The van der Waals surface area contributed by atoms with Gasteiger partial charge >= 0.3 is 0 Å². The minimum Gasteiger partial charge on any atom is -0.341 e. The van der Waals surface area contributed by atoms with Crippen molar-refractivity contribution in [3.8, 4) is 11.8 Å². The fourth-order valence-corrected chi connectivity index (χ4v) is 6.67. The molecule has 1 saturated carbocycles. The Labute approximate surface area is 205 Å². The second kappa shape index (κ2) is 8.95. The number of rotatable bonds is 5. The van der Waals surface area contributed by atoms with E-state index in [9.17, 15) is 26.4 Å². The van der Waals surface area contributed by atoms with Crippen molar-refractivity contribution in [2.24, 2.45) is 15.7 Å². The van der Waals surface area contributed by atoms with Crippen LogP contribution in [0.2, 0.25) is 0 Å². The molecule has 1 aromatic carbocycles. The SMILES string of the molecule is CC#CCC1(C)CN(C2CCCC2)C(=O)C(C2=NS(=O)(=O)c3cc(NS(C)(=O)=O)ccc3N2)C1=O. The summed E-state index contributed by atoms with van der Waals surface area (Å²) in [6, 6.07) is 3.91. The predicted octanol–water partition coefficient (Wildman–Crippen LogP) is 1.96. The topological polar surface area (TPSA) is 142 Å². The summed E-state index contributed by atoms with van der Waals surface area (Å²) in [7, 11) is -7.94. The monoisotopic (exact) mass is 520 g/mol. The van der Waals surface area contributed by atoms with E-state index in [-0.39, 0.29) is 41.1 Å². The van der Waals surface area contributed by atoms with Gasteiger partial charge in [0.1, 0.15) is 10.7 Å². The van der Waals surface area contributed by atoms with Crippen LogP contribution < -0.4 is 10.0 Å². The standard InChI is InChI=1S/C23H28N4O6S2/c1-4-5-12-23(2)14-27(16-8-6-7-9-16)22(29)19(20(23)28)21-24-17-11-10-15(25-34(3,30)31)13-18(17)35(32,33)26-21/h10-11,13,16,19,25H,6-9,12,14H2,1-3H3,(H,24,26). The van der Waals surface area contributed by atoms with E-state index in [0.717, 1.165) is 38.0 Å². The van der Waals surface area contributed by atoms with Gasteiger partial charge in [-0.05, 0) is 44.9 Å². The zero-order valence-corrected chi connectivity index (χ0v) is 21.4. The Kier molecular flexibility index (Phi) is 6.44. The molecule has 4 rings (SSSR count). The number of amides is 1. The minimum absolute atomic E-state index is 0.00952. The fourth-order valence-electron chi connectivity index (χ4n) is 4.93. The van der Waals surface area contributed by atoms with Crippen LogP contribution in [0, 0.1) is 23.2 Å². The number of hydrogen-bond donors (Lipinski definition) is 2. The maximum absolute atomic E-state index is 13.6. The molecule has 2 N–H and O–H groups in total. The summed E-state index contributed by atoms with van der Waals surface area (Å²) in [5.74, 6) is 3.24. The number of Topliss-reactive ketones (excluding diaryl/α,β-unsaturated/α-hetero) is 1. The molecule has 0 bridgehead atoms. The Bertz CT molecular complexity index is 1380. The van der Waals surface area contributed by atoms with Crippen LogP contribution in [-0.2, 0) is 29.6 Å². The van der Waals surface area contributed by atoms with E-state index >= 15 is 0 Å². The number of nitrogens with zero attached hydrogens (tertiary/aromatic N) is 2. The van der Waals surface area contributed by atoms with Gasteiger partial charge in [-0.2, -0.15) is 8.42 Å². The number of ketones is 1. The van der Waals surface area contributed by atoms with Crippen molar-refractivity contribution in [2.45, 2.75) is 56.9 Å². The number of benzene rings is 1. The zero-order valence-electron chi connectivity index (χ0n) is 19.8. The Balaban J connectivity index is 1.75. The number of fused-ring (bicyclic) bond motifs is 1. The molecule has 1 aromatic rings. The summed E-state index contributed by atoms with van der Waals surface area (Å²) in [5.41, 5.74) is -0.803. The molecule has 2 unspecified atom stereocenters. The van der Waals surface area contributed by atoms with Crippen LogP contribution in [0.3, 0.4) is 0 Å². The van der Waals surface area contributed by atoms with Crippen LogP contribution in [0.1, 0.15) is 46.0 Å². The Morgan fingerprint density at radius 3 is 2.57 bits per heavy atom. The molecule has 3 aliphatic rings. The summed E-state index contributed by atoms with van der Waals surface area (Å²) in [4.78, 5) is 28.7. The number of likely N-dealkylation sites (tertiary alicyclic amines) is 1. The molecule has 2 atom stereocenters. The number of carbonyl (C=O) groups is 2. The van der Waals surface area contributed by atoms with Crippen molar-refractivity contribution < 1.29 is 26.4 Å². The van der Waals surface area contributed by atoms with E-state index < -0.39 is 43.1 Å². The molecule has 0 spiro atoms. The van der Waals surface area contributed by atoms with E-state index in [1.165, 1.54) is 12.1 Å². The van der Waals surface area contributed by atoms with Crippen LogP contribution >= 0.6 is 0 Å². The van der Waals surface area contributed by atoms with E-state index in [2.05, 4.69) is 26.3 Å². The third-order valence-corrected chi connectivity index (χ3v) is 8.58. The van der Waals surface area contributed by atoms with Gasteiger partial charge in [0, 0.05) is 24.7 Å². The number of carbonyl (C=O) groups excluding carboxylic acids is 2. The van der Waals surface area contributed by atoms with Gasteiger partial charge in [0.05, 0.1) is 17.4 Å². The van der Waals surface area contributed by atoms with E-state index in [1.807, 2.05) is 0 Å². The van der Waals surface area contributed by atoms with Gasteiger partial charge in [-0.15, -0.1) is 16.2 Å². The number of amidine groups is 1. The largest absolute Gasteiger partial charge is 0.341 e. The van der Waals surface area contributed by atoms with Crippen molar-refractivity contribution >= 4 is 48.9 Å². The van der Waals surface area contributed by atoms with Gasteiger partial charge in [-0.3, -0.25) is 14.3 Å². The number of nitrogens with one attached hydrogen (secondary N) is 2. The summed E-state index contributed by atoms with van der Waals surface area (Å²) in [6.45, 7) is 3.67. The molecular weight excluding hydrogens is 492 g/mol. The number of hydrogen-bond acceptors (Lipinski definition) is 7. The second-order valence-corrected chi connectivity index (χ2v) is 12.8. The van der Waals surface area contributed by atoms with E-state index in [1.54, 1.807) is 18.7 Å². The maximum Gasteiger partial charge on any atom is 0.286 e. The molecule has 35 heavy (non-hydrogen) atoms. The van der Waals surface area contributed by atoms with Crippen LogP contribution in [0.15, 0.2) is 27.5 Å². The lowest BCUT2D eigenvalue weighted by Crippen LogP contribution is -2.61. The van der Waals surface area contributed by atoms with Crippen LogP contribution in [0.5, 0.6) is 0 Å². The number of sulfonamides is 2. The van der Waals surface area contributed by atoms with Gasteiger partial charge < -0.3 is 10.2 Å². The smallest absolute Gasteiger partial charge is 0.286 e. The Hall–Kier alpha value is -2.91. The lowest BCUT2D eigenvalue weighted by Gasteiger charge is -2.45. The maximum atomic E-state index is 13.6. The Morgan fingerprint density at radius 2 is 1.94 bits per heavy atom. The molecule has 1 aliphatic carbocycles. The summed E-state index contributed by atoms with van der Waals surface area (Å²) >= 11 is 0. The Morgan fingerprint density at radius 1 is 1.26 bits per heavy atom. The lowest BCUT2D eigenvalue weighted by molar-refractivity contribution is -0.152. The third kappa shape index (κ3) is 4.92. The van der Waals surface area contributed by atoms with Crippen molar-refractivity contribution in [2.75, 3.05) is 22.8 Å². The molecule has 1 amide bonds. The quantitative estimate of drug-likeness (QED) is 0.446. The van der Waals surface area contributed by atoms with E-state index in [0.29, 0.717) is 0 Å². The fraction of sp³-hybridized carbons (Fsp3) is 0.522. The zero-order chi connectivity index (χ0) is 25.6. The average Bonchev–Trinajstić information content (AvgIpc) is 3.29. The first kappa shape index (κ1) is 25.2. The molecule has 2 fully saturated rings. The van der Waals surface area contributed by atoms with Crippen molar-refractivity contribution in [3.05, 3.63) is 18.2 Å². The summed E-state index contributed by atoms with van der Waals surface area (Å²) < 4.78 is 55.3. The molecule has 0 radical (unpaired) electrons. The van der Waals surface area contributed by atoms with Gasteiger partial charge in [-0.1, -0.05) is 12.8 Å². The third-order valence-electron chi connectivity index (χ3n) is 6.64. The summed E-state index contributed by atoms with van der Waals surface area (Å²) in [6.07, 6.45) is 4.84. The highest BCUT2D eigenvalue weighted by Gasteiger charge is 2.53. The first-order valence-electron chi connectivity index (χ1n) is 11.3. The molecule has 1 saturated heterocycles. The molecule has 2 aliphatic heterocycles. The molecule has 0 aromatic heterocycles. The highest BCUT2D eigenvalue weighted by atomic mass is 32.2. The first-order valence-corrected chi connectivity index (χ1v) is 14.7. The van der Waals surface area contributed by atoms with Crippen molar-refractivity contribution in [1.82, 2.24) is 4.90 Å². The molecule has 10 nitrogen and oxygen atoms in total. The molecule has 12 heteroatoms. The highest BCUT2D eigenvalue weighted by Crippen LogP contribution is 2.40. The molecule has 188 valence electrons. The van der Waals surface area contributed by atoms with E-state index in [4.69, 9.17) is 0 Å². The van der Waals surface area contributed by atoms with Gasteiger partial charge in [0.25, 0.3) is 10.0 Å². The lowest BCUT2D eigenvalue weighted by atomic mass is 9.72. The highest BCUT2D eigenvalue weighted by molar-refractivity contribution is 7.92. The van der Waals surface area contributed by atoms with Crippen LogP contribution in [-0.4, -0.2) is 58.1 Å². The van der Waals surface area contributed by atoms with Gasteiger partial charge in [0.2, 0.25) is 15.9 Å². The van der Waals surface area contributed by atoms with Gasteiger partial charge in [-0.25, -0.2) is 8.42 Å².